The summed E-state index contributed by atoms with van der Waals surface area (Å²) in [6, 6.07) is 7.27. The number of hydrazine groups is 1. The summed E-state index contributed by atoms with van der Waals surface area (Å²) in [7, 11) is 0. The van der Waals surface area contributed by atoms with Crippen LogP contribution in [0.5, 0.6) is 5.75 Å². The molecule has 19 heavy (non-hydrogen) atoms. The maximum atomic E-state index is 9.82. The zero-order valence-electron chi connectivity index (χ0n) is 10.6. The van der Waals surface area contributed by atoms with Crippen molar-refractivity contribution in [1.29, 1.82) is 0 Å². The van der Waals surface area contributed by atoms with Gasteiger partial charge in [-0.25, -0.2) is 0 Å². The number of nitrogens with one attached hydrogen (secondary N) is 2. The van der Waals surface area contributed by atoms with E-state index in [1.165, 1.54) is 0 Å². The smallest absolute Gasteiger partial charge is 0.124 e. The van der Waals surface area contributed by atoms with Crippen LogP contribution in [0.15, 0.2) is 42.2 Å². The molecule has 1 aromatic rings. The maximum Gasteiger partial charge on any atom is 0.124 e. The van der Waals surface area contributed by atoms with E-state index in [1.807, 2.05) is 30.4 Å². The third-order valence-corrected chi connectivity index (χ3v) is 3.28. The molecule has 5 nitrogen and oxygen atoms in total. The number of hydrogen-bond acceptors (Lipinski definition) is 5. The van der Waals surface area contributed by atoms with E-state index in [4.69, 9.17) is 4.74 Å². The Balaban J connectivity index is 1.78. The Hall–Kier alpha value is -2.14. The van der Waals surface area contributed by atoms with Gasteiger partial charge in [0.15, 0.2) is 0 Å². The third-order valence-electron chi connectivity index (χ3n) is 3.28. The SMILES string of the molecule is Oc1ccccc1C1=CC=C(N2CCOCC2)NN1. The number of ether oxygens (including phenoxy) is 1. The lowest BCUT2D eigenvalue weighted by atomic mass is 10.1. The summed E-state index contributed by atoms with van der Waals surface area (Å²) in [4.78, 5) is 2.23. The molecule has 0 aromatic heterocycles. The van der Waals surface area contributed by atoms with Crippen LogP contribution in [0.25, 0.3) is 5.70 Å². The monoisotopic (exact) mass is 259 g/mol. The van der Waals surface area contributed by atoms with Gasteiger partial charge in [-0.2, -0.15) is 0 Å². The van der Waals surface area contributed by atoms with E-state index in [9.17, 15) is 5.11 Å². The number of phenols is 1. The summed E-state index contributed by atoms with van der Waals surface area (Å²) in [5, 5.41) is 9.82. The molecule has 3 N–H and O–H groups in total. The van der Waals surface area contributed by atoms with E-state index in [0.717, 1.165) is 43.4 Å². The van der Waals surface area contributed by atoms with Crippen molar-refractivity contribution in [3.05, 3.63) is 47.8 Å². The number of rotatable bonds is 2. The lowest BCUT2D eigenvalue weighted by Gasteiger charge is -2.33. The van der Waals surface area contributed by atoms with E-state index in [1.54, 1.807) is 6.07 Å². The highest BCUT2D eigenvalue weighted by atomic mass is 16.5. The van der Waals surface area contributed by atoms with Crippen LogP contribution in [0.3, 0.4) is 0 Å². The summed E-state index contributed by atoms with van der Waals surface area (Å²) in [5.41, 5.74) is 7.93. The Bertz CT molecular complexity index is 519. The zero-order valence-corrected chi connectivity index (χ0v) is 10.6. The highest BCUT2D eigenvalue weighted by molar-refractivity contribution is 5.70. The number of aromatic hydroxyl groups is 1. The molecule has 100 valence electrons. The summed E-state index contributed by atoms with van der Waals surface area (Å²) in [5.74, 6) is 1.30. The van der Waals surface area contributed by atoms with Gasteiger partial charge in [0.2, 0.25) is 0 Å². The molecule has 5 heteroatoms. The predicted octanol–water partition coefficient (Wildman–Crippen LogP) is 1.01. The molecular weight excluding hydrogens is 242 g/mol. The molecular formula is C14H17N3O2. The van der Waals surface area contributed by atoms with Crippen LogP contribution in [-0.2, 0) is 4.74 Å². The Morgan fingerprint density at radius 1 is 1.05 bits per heavy atom. The number of phenolic OH excluding ortho intramolecular Hbond substituents is 1. The van der Waals surface area contributed by atoms with Gasteiger partial charge in [0.25, 0.3) is 0 Å². The molecule has 0 unspecified atom stereocenters. The number of para-hydroxylation sites is 1. The fourth-order valence-electron chi connectivity index (χ4n) is 2.22. The van der Waals surface area contributed by atoms with Crippen LogP contribution in [-0.4, -0.2) is 36.3 Å². The number of allylic oxidation sites excluding steroid dienone is 2. The first-order valence-electron chi connectivity index (χ1n) is 6.40. The number of hydrogen-bond donors (Lipinski definition) is 3. The molecule has 2 aliphatic rings. The van der Waals surface area contributed by atoms with Gasteiger partial charge in [-0.1, -0.05) is 12.1 Å². The quantitative estimate of drug-likeness (QED) is 0.740. The van der Waals surface area contributed by atoms with Crippen molar-refractivity contribution in [2.45, 2.75) is 0 Å². The van der Waals surface area contributed by atoms with Gasteiger partial charge in [0.1, 0.15) is 11.6 Å². The van der Waals surface area contributed by atoms with Crippen molar-refractivity contribution < 1.29 is 9.84 Å². The van der Waals surface area contributed by atoms with Crippen molar-refractivity contribution in [3.63, 3.8) is 0 Å². The minimum atomic E-state index is 0.270. The second-order valence-electron chi connectivity index (χ2n) is 4.50. The zero-order chi connectivity index (χ0) is 13.1. The van der Waals surface area contributed by atoms with Gasteiger partial charge in [-0.3, -0.25) is 10.9 Å². The lowest BCUT2D eigenvalue weighted by molar-refractivity contribution is 0.0496. The second kappa shape index (κ2) is 5.24. The lowest BCUT2D eigenvalue weighted by Crippen LogP contribution is -2.45. The Kier molecular flexibility index (Phi) is 3.29. The molecule has 3 rings (SSSR count). The van der Waals surface area contributed by atoms with E-state index in [0.29, 0.717) is 0 Å². The standard InChI is InChI=1S/C14H17N3O2/c18-13-4-2-1-3-11(13)12-5-6-14(16-15-12)17-7-9-19-10-8-17/h1-6,15-16,18H,7-10H2. The number of morpholine rings is 1. The average molecular weight is 259 g/mol. The Labute approximate surface area is 112 Å². The van der Waals surface area contributed by atoms with Crippen molar-refractivity contribution in [3.8, 4) is 5.75 Å². The van der Waals surface area contributed by atoms with E-state index >= 15 is 0 Å². The van der Waals surface area contributed by atoms with Crippen LogP contribution in [0, 0.1) is 0 Å². The molecule has 1 aromatic carbocycles. The van der Waals surface area contributed by atoms with Crippen molar-refractivity contribution in [2.24, 2.45) is 0 Å². The topological polar surface area (TPSA) is 56.8 Å². The first kappa shape index (κ1) is 11.9. The maximum absolute atomic E-state index is 9.82. The predicted molar refractivity (Wildman–Crippen MR) is 72.8 cm³/mol. The van der Waals surface area contributed by atoms with Crippen LogP contribution in [0.2, 0.25) is 0 Å². The first-order valence-corrected chi connectivity index (χ1v) is 6.40. The van der Waals surface area contributed by atoms with E-state index < -0.39 is 0 Å². The summed E-state index contributed by atoms with van der Waals surface area (Å²) < 4.78 is 5.33. The first-order chi connectivity index (χ1) is 9.34. The molecule has 0 radical (unpaired) electrons. The highest BCUT2D eigenvalue weighted by Gasteiger charge is 2.16. The van der Waals surface area contributed by atoms with Crippen LogP contribution in [0.1, 0.15) is 5.56 Å². The normalized spacial score (nSPS) is 19.1. The van der Waals surface area contributed by atoms with Crippen LogP contribution < -0.4 is 10.9 Å². The largest absolute Gasteiger partial charge is 0.507 e. The Morgan fingerprint density at radius 2 is 1.84 bits per heavy atom. The van der Waals surface area contributed by atoms with Gasteiger partial charge < -0.3 is 14.7 Å². The number of nitrogens with zero attached hydrogens (tertiary/aromatic N) is 1. The van der Waals surface area contributed by atoms with Crippen molar-refractivity contribution in [2.75, 3.05) is 26.3 Å². The molecule has 0 amide bonds. The molecule has 1 saturated heterocycles. The summed E-state index contributed by atoms with van der Waals surface area (Å²) >= 11 is 0. The van der Waals surface area contributed by atoms with Crippen molar-refractivity contribution >= 4 is 5.70 Å². The average Bonchev–Trinajstić information content (AvgIpc) is 2.49. The van der Waals surface area contributed by atoms with Crippen LogP contribution >= 0.6 is 0 Å². The third kappa shape index (κ3) is 2.51. The molecule has 0 aliphatic carbocycles. The fraction of sp³-hybridized carbons (Fsp3) is 0.286. The Morgan fingerprint density at radius 3 is 2.53 bits per heavy atom. The van der Waals surface area contributed by atoms with Gasteiger partial charge in [0, 0.05) is 18.7 Å². The molecule has 2 heterocycles. The molecule has 2 aliphatic heterocycles. The van der Waals surface area contributed by atoms with Gasteiger partial charge in [-0.15, -0.1) is 0 Å². The highest BCUT2D eigenvalue weighted by Crippen LogP contribution is 2.24. The van der Waals surface area contributed by atoms with E-state index in [-0.39, 0.29) is 5.75 Å². The fourth-order valence-corrected chi connectivity index (χ4v) is 2.22. The second-order valence-corrected chi connectivity index (χ2v) is 4.50. The van der Waals surface area contributed by atoms with Gasteiger partial charge >= 0.3 is 0 Å². The van der Waals surface area contributed by atoms with E-state index in [2.05, 4.69) is 15.8 Å². The van der Waals surface area contributed by atoms with Crippen LogP contribution in [0.4, 0.5) is 0 Å². The number of benzene rings is 1. The minimum Gasteiger partial charge on any atom is -0.507 e. The molecule has 0 bridgehead atoms. The van der Waals surface area contributed by atoms with Crippen molar-refractivity contribution in [1.82, 2.24) is 15.8 Å². The summed E-state index contributed by atoms with van der Waals surface area (Å²) in [6.45, 7) is 3.30. The van der Waals surface area contributed by atoms with Gasteiger partial charge in [-0.05, 0) is 24.3 Å². The van der Waals surface area contributed by atoms with Gasteiger partial charge in [0.05, 0.1) is 18.9 Å². The summed E-state index contributed by atoms with van der Waals surface area (Å²) in [6.07, 6.45) is 3.99. The molecule has 1 fully saturated rings. The molecule has 0 atom stereocenters. The minimum absolute atomic E-state index is 0.270. The molecule has 0 spiro atoms. The molecule has 0 saturated carbocycles.